The number of ether oxygens (including phenoxy) is 1. The van der Waals surface area contributed by atoms with Gasteiger partial charge in [0.05, 0.1) is 17.6 Å². The maximum atomic E-state index is 14.7. The van der Waals surface area contributed by atoms with Gasteiger partial charge in [0, 0.05) is 23.2 Å². The van der Waals surface area contributed by atoms with Gasteiger partial charge < -0.3 is 4.74 Å². The fraction of sp³-hybridized carbons (Fsp3) is 0.833. The molecule has 0 aromatic heterocycles. The van der Waals surface area contributed by atoms with Crippen molar-refractivity contribution in [3.63, 3.8) is 0 Å². The molecule has 1 unspecified atom stereocenters. The van der Waals surface area contributed by atoms with Crippen molar-refractivity contribution in [2.75, 3.05) is 6.61 Å². The first kappa shape index (κ1) is 30.5. The summed E-state index contributed by atoms with van der Waals surface area (Å²) in [6.07, 6.45) is 9.36. The summed E-state index contributed by atoms with van der Waals surface area (Å²) in [7, 11) is 0. The molecule has 5 nitrogen and oxygen atoms in total. The largest absolute Gasteiger partial charge is 0.465 e. The Hall–Kier alpha value is -1.96. The van der Waals surface area contributed by atoms with Crippen molar-refractivity contribution in [1.82, 2.24) is 0 Å². The van der Waals surface area contributed by atoms with Gasteiger partial charge in [0.1, 0.15) is 11.9 Å². The van der Waals surface area contributed by atoms with Crippen molar-refractivity contribution in [3.8, 4) is 6.07 Å². The number of fused-ring (bicyclic) bond motifs is 7. The maximum Gasteiger partial charge on any atom is 0.311 e. The second-order valence-corrected chi connectivity index (χ2v) is 17.9. The van der Waals surface area contributed by atoms with Crippen LogP contribution in [-0.2, 0) is 19.1 Å². The number of Topliss-reactive ketones (excluding diaryl/α,β-unsaturated/α-hetero) is 2. The molecule has 0 aromatic carbocycles. The average Bonchev–Trinajstić information content (AvgIpc) is 2.86. The molecule has 8 atom stereocenters. The third kappa shape index (κ3) is 4.16. The number of ketones is 2. The van der Waals surface area contributed by atoms with Gasteiger partial charge in [-0.2, -0.15) is 5.26 Å². The molecule has 5 rings (SSSR count). The normalized spacial score (nSPS) is 44.8. The van der Waals surface area contributed by atoms with Gasteiger partial charge in [-0.05, 0) is 105 Å². The van der Waals surface area contributed by atoms with Crippen LogP contribution in [0.15, 0.2) is 11.6 Å². The topological polar surface area (TPSA) is 84.2 Å². The highest BCUT2D eigenvalue weighted by molar-refractivity contribution is 6.04. The van der Waals surface area contributed by atoms with Crippen molar-refractivity contribution >= 4 is 17.5 Å². The van der Waals surface area contributed by atoms with Crippen LogP contribution in [0.2, 0.25) is 0 Å². The van der Waals surface area contributed by atoms with E-state index in [2.05, 4.69) is 40.7 Å². The molecule has 0 radical (unpaired) electrons. The van der Waals surface area contributed by atoms with E-state index in [4.69, 9.17) is 4.74 Å². The lowest BCUT2D eigenvalue weighted by Crippen LogP contribution is -2.69. The lowest BCUT2D eigenvalue weighted by molar-refractivity contribution is -0.228. The van der Waals surface area contributed by atoms with Gasteiger partial charge >= 0.3 is 5.97 Å². The molecule has 5 aliphatic rings. The highest BCUT2D eigenvalue weighted by atomic mass is 16.5. The third-order valence-electron chi connectivity index (χ3n) is 13.7. The van der Waals surface area contributed by atoms with Crippen molar-refractivity contribution in [3.05, 3.63) is 11.6 Å². The number of carbonyl (C=O) groups excluding carboxylic acids is 3. The lowest BCUT2D eigenvalue weighted by atomic mass is 9.31. The summed E-state index contributed by atoms with van der Waals surface area (Å²) < 4.78 is 6.08. The van der Waals surface area contributed by atoms with E-state index in [1.165, 1.54) is 0 Å². The van der Waals surface area contributed by atoms with Crippen LogP contribution in [0.3, 0.4) is 0 Å². The Balaban J connectivity index is 1.57. The number of rotatable bonds is 2. The van der Waals surface area contributed by atoms with Crippen molar-refractivity contribution in [2.45, 2.75) is 121 Å². The molecule has 5 aliphatic carbocycles. The highest BCUT2D eigenvalue weighted by Crippen LogP contribution is 2.75. The number of hydrogen-bond acceptors (Lipinski definition) is 5. The van der Waals surface area contributed by atoms with E-state index >= 15 is 0 Å². The maximum absolute atomic E-state index is 14.7. The minimum Gasteiger partial charge on any atom is -0.465 e. The van der Waals surface area contributed by atoms with E-state index in [-0.39, 0.29) is 68.1 Å². The molecular formula is C36H53NO4. The molecule has 4 fully saturated rings. The molecular weight excluding hydrogens is 510 g/mol. The number of nitrogens with zero attached hydrogens (tertiary/aromatic N) is 1. The van der Waals surface area contributed by atoms with E-state index in [9.17, 15) is 19.6 Å². The van der Waals surface area contributed by atoms with Crippen molar-refractivity contribution in [2.24, 2.45) is 61.6 Å². The molecule has 0 aliphatic heterocycles. The Labute approximate surface area is 248 Å². The minimum absolute atomic E-state index is 0.0472. The molecule has 0 amide bonds. The van der Waals surface area contributed by atoms with Crippen molar-refractivity contribution < 1.29 is 19.1 Å². The van der Waals surface area contributed by atoms with Crippen LogP contribution in [0.25, 0.3) is 0 Å². The molecule has 0 bridgehead atoms. The molecule has 4 saturated carbocycles. The van der Waals surface area contributed by atoms with E-state index < -0.39 is 10.8 Å². The van der Waals surface area contributed by atoms with Gasteiger partial charge in [0.2, 0.25) is 0 Å². The second-order valence-electron chi connectivity index (χ2n) is 17.9. The van der Waals surface area contributed by atoms with Crippen LogP contribution in [0.4, 0.5) is 0 Å². The van der Waals surface area contributed by atoms with Gasteiger partial charge in [-0.25, -0.2) is 0 Å². The highest BCUT2D eigenvalue weighted by Gasteiger charge is 2.72. The van der Waals surface area contributed by atoms with Gasteiger partial charge in [-0.3, -0.25) is 14.4 Å². The predicted molar refractivity (Wildman–Crippen MR) is 159 cm³/mol. The van der Waals surface area contributed by atoms with E-state index in [1.807, 2.05) is 40.7 Å². The number of carbonyl (C=O) groups is 3. The fourth-order valence-corrected chi connectivity index (χ4v) is 11.1. The smallest absolute Gasteiger partial charge is 0.311 e. The number of hydrogen-bond donors (Lipinski definition) is 0. The molecule has 0 heterocycles. The molecule has 226 valence electrons. The summed E-state index contributed by atoms with van der Waals surface area (Å²) in [6.45, 7) is 21.9. The molecule has 5 heteroatoms. The molecule has 0 aromatic rings. The van der Waals surface area contributed by atoms with Crippen LogP contribution in [0.5, 0.6) is 0 Å². The molecule has 0 N–H and O–H groups in total. The Morgan fingerprint density at radius 1 is 0.951 bits per heavy atom. The SMILES string of the molecule is CC1(C)CC[C@]2(COC(=O)C(C)(C)C)CC[C@]3(C)C(C(=O)C[C@@H]4[C@@]5(C)C=C(C#N)C(=O)C(C)(C)[C@@H]5CC[C@]43C)[C@H]2C1. The summed E-state index contributed by atoms with van der Waals surface area (Å²) in [4.78, 5) is 40.9. The van der Waals surface area contributed by atoms with Crippen LogP contribution >= 0.6 is 0 Å². The Morgan fingerprint density at radius 3 is 2.20 bits per heavy atom. The fourth-order valence-electron chi connectivity index (χ4n) is 11.1. The molecule has 0 spiro atoms. The van der Waals surface area contributed by atoms with Crippen LogP contribution in [-0.4, -0.2) is 24.1 Å². The zero-order valence-electron chi connectivity index (χ0n) is 27.3. The predicted octanol–water partition coefficient (Wildman–Crippen LogP) is 7.88. The zero-order valence-corrected chi connectivity index (χ0v) is 27.3. The second kappa shape index (κ2) is 9.03. The van der Waals surface area contributed by atoms with Gasteiger partial charge in [0.25, 0.3) is 0 Å². The van der Waals surface area contributed by atoms with Gasteiger partial charge in [-0.15, -0.1) is 0 Å². The monoisotopic (exact) mass is 563 g/mol. The standard InChI is InChI=1S/C36H53NO4/c1-30(2,3)29(40)41-21-36-15-13-31(4,5)19-23(36)27-24(38)17-26-33(8)18-22(20-37)28(39)32(6,7)25(33)11-12-34(26,9)35(27,10)14-16-36/h18,23,25-27H,11-17,19,21H2,1-10H3/t23-,25+,26-,27?,33+,34-,35-,36-/m1/s1. The summed E-state index contributed by atoms with van der Waals surface area (Å²) in [5.74, 6) is 0.458. The van der Waals surface area contributed by atoms with E-state index in [0.717, 1.165) is 44.9 Å². The van der Waals surface area contributed by atoms with Gasteiger partial charge in [0.15, 0.2) is 5.78 Å². The first-order valence-corrected chi connectivity index (χ1v) is 16.1. The summed E-state index contributed by atoms with van der Waals surface area (Å²) >= 11 is 0. The number of allylic oxidation sites excluding steroid dienone is 2. The molecule has 41 heavy (non-hydrogen) atoms. The van der Waals surface area contributed by atoms with E-state index in [1.54, 1.807) is 0 Å². The van der Waals surface area contributed by atoms with Gasteiger partial charge in [-0.1, -0.05) is 54.5 Å². The number of esters is 1. The summed E-state index contributed by atoms with van der Waals surface area (Å²) in [5.41, 5.74) is -1.60. The first-order chi connectivity index (χ1) is 18.7. The lowest BCUT2D eigenvalue weighted by Gasteiger charge is -2.72. The minimum atomic E-state index is -0.622. The molecule has 0 saturated heterocycles. The van der Waals surface area contributed by atoms with Crippen LogP contribution in [0, 0.1) is 72.9 Å². The first-order valence-electron chi connectivity index (χ1n) is 16.1. The number of nitriles is 1. The Bertz CT molecular complexity index is 1240. The average molecular weight is 564 g/mol. The Morgan fingerprint density at radius 2 is 1.59 bits per heavy atom. The van der Waals surface area contributed by atoms with Crippen molar-refractivity contribution in [1.29, 1.82) is 5.26 Å². The third-order valence-corrected chi connectivity index (χ3v) is 13.7. The quantitative estimate of drug-likeness (QED) is 0.319. The summed E-state index contributed by atoms with van der Waals surface area (Å²) in [5, 5.41) is 9.95. The van der Waals surface area contributed by atoms with Crippen LogP contribution in [0.1, 0.15) is 121 Å². The van der Waals surface area contributed by atoms with E-state index in [0.29, 0.717) is 18.8 Å². The van der Waals surface area contributed by atoms with Crippen LogP contribution < -0.4 is 0 Å². The Kier molecular flexibility index (Phi) is 6.71. The zero-order chi connectivity index (χ0) is 30.6. The summed E-state index contributed by atoms with van der Waals surface area (Å²) in [6, 6.07) is 2.22.